The fraction of sp³-hybridized carbons (Fsp3) is 0.588. The Balaban J connectivity index is 1.56. The predicted octanol–water partition coefficient (Wildman–Crippen LogP) is 1.96. The second-order valence-corrected chi connectivity index (χ2v) is 6.47. The van der Waals surface area contributed by atoms with Crippen LogP contribution in [0.15, 0.2) is 18.2 Å². The number of amides is 1. The average Bonchev–Trinajstić information content (AvgIpc) is 3.31. The van der Waals surface area contributed by atoms with Crippen molar-refractivity contribution in [2.75, 3.05) is 18.5 Å². The Morgan fingerprint density at radius 2 is 1.95 bits per heavy atom. The Bertz CT molecular complexity index is 521. The van der Waals surface area contributed by atoms with E-state index in [1.54, 1.807) is 0 Å². The first-order chi connectivity index (χ1) is 10.1. The molecule has 114 valence electrons. The van der Waals surface area contributed by atoms with Crippen molar-refractivity contribution in [3.63, 3.8) is 0 Å². The number of hydrogen-bond acceptors (Lipinski definition) is 3. The molecule has 21 heavy (non-hydrogen) atoms. The highest BCUT2D eigenvalue weighted by Crippen LogP contribution is 2.23. The van der Waals surface area contributed by atoms with Crippen molar-refractivity contribution in [1.29, 1.82) is 0 Å². The van der Waals surface area contributed by atoms with Crippen molar-refractivity contribution in [3.05, 3.63) is 29.3 Å². The maximum Gasteiger partial charge on any atom is 0.239 e. The van der Waals surface area contributed by atoms with Crippen LogP contribution in [0.25, 0.3) is 0 Å². The zero-order valence-electron chi connectivity index (χ0n) is 13.0. The van der Waals surface area contributed by atoms with Gasteiger partial charge in [0.25, 0.3) is 0 Å². The minimum absolute atomic E-state index is 0.124. The minimum Gasteiger partial charge on any atom is -0.365 e. The highest BCUT2D eigenvalue weighted by molar-refractivity contribution is 5.82. The van der Waals surface area contributed by atoms with E-state index in [0.717, 1.165) is 31.1 Å². The van der Waals surface area contributed by atoms with Gasteiger partial charge in [0, 0.05) is 31.4 Å². The molecule has 4 nitrogen and oxygen atoms in total. The number of likely N-dealkylation sites (N-methyl/N-ethyl adjacent to an activating group) is 1. The van der Waals surface area contributed by atoms with Crippen molar-refractivity contribution in [3.8, 4) is 0 Å². The third-order valence-electron chi connectivity index (χ3n) is 4.17. The average molecular weight is 287 g/mol. The van der Waals surface area contributed by atoms with Gasteiger partial charge in [-0.25, -0.2) is 0 Å². The van der Waals surface area contributed by atoms with Crippen molar-refractivity contribution >= 4 is 11.6 Å². The highest BCUT2D eigenvalue weighted by Gasteiger charge is 2.24. The molecule has 0 aromatic heterocycles. The molecular formula is C17H25N3O. The van der Waals surface area contributed by atoms with Crippen molar-refractivity contribution in [2.24, 2.45) is 0 Å². The van der Waals surface area contributed by atoms with Crippen molar-refractivity contribution in [1.82, 2.24) is 10.6 Å². The van der Waals surface area contributed by atoms with Crippen LogP contribution in [0.2, 0.25) is 0 Å². The SMILES string of the molecule is Cc1cc(CNC2CC2)ccc1N(C)CC(=O)NC1CC1. The number of nitrogens with zero attached hydrogens (tertiary/aromatic N) is 1. The van der Waals surface area contributed by atoms with Gasteiger partial charge in [0.1, 0.15) is 0 Å². The third-order valence-corrected chi connectivity index (χ3v) is 4.17. The van der Waals surface area contributed by atoms with Crippen LogP contribution in [-0.2, 0) is 11.3 Å². The lowest BCUT2D eigenvalue weighted by molar-refractivity contribution is -0.119. The van der Waals surface area contributed by atoms with Gasteiger partial charge in [-0.1, -0.05) is 12.1 Å². The predicted molar refractivity (Wildman–Crippen MR) is 85.5 cm³/mol. The Morgan fingerprint density at radius 3 is 2.57 bits per heavy atom. The van der Waals surface area contributed by atoms with E-state index in [1.165, 1.54) is 24.0 Å². The number of hydrogen-bond donors (Lipinski definition) is 2. The van der Waals surface area contributed by atoms with Gasteiger partial charge >= 0.3 is 0 Å². The molecule has 1 aromatic carbocycles. The molecule has 2 fully saturated rings. The van der Waals surface area contributed by atoms with Crippen LogP contribution in [0.5, 0.6) is 0 Å². The monoisotopic (exact) mass is 287 g/mol. The van der Waals surface area contributed by atoms with Crippen LogP contribution < -0.4 is 15.5 Å². The first-order valence-corrected chi connectivity index (χ1v) is 7.95. The molecule has 0 saturated heterocycles. The minimum atomic E-state index is 0.124. The molecule has 1 aromatic rings. The molecule has 0 unspecified atom stereocenters. The van der Waals surface area contributed by atoms with Crippen LogP contribution >= 0.6 is 0 Å². The summed E-state index contributed by atoms with van der Waals surface area (Å²) in [5, 5.41) is 6.57. The molecule has 0 aliphatic heterocycles. The molecule has 0 atom stereocenters. The summed E-state index contributed by atoms with van der Waals surface area (Å²) in [4.78, 5) is 13.9. The van der Waals surface area contributed by atoms with Gasteiger partial charge in [-0.2, -0.15) is 0 Å². The summed E-state index contributed by atoms with van der Waals surface area (Å²) in [6.45, 7) is 3.49. The van der Waals surface area contributed by atoms with E-state index >= 15 is 0 Å². The molecule has 2 saturated carbocycles. The molecule has 2 aliphatic carbocycles. The van der Waals surface area contributed by atoms with Crippen molar-refractivity contribution < 1.29 is 4.79 Å². The molecule has 0 heterocycles. The fourth-order valence-electron chi connectivity index (χ4n) is 2.61. The van der Waals surface area contributed by atoms with Gasteiger partial charge < -0.3 is 15.5 Å². The largest absolute Gasteiger partial charge is 0.365 e. The fourth-order valence-corrected chi connectivity index (χ4v) is 2.61. The van der Waals surface area contributed by atoms with E-state index in [2.05, 4.69) is 35.8 Å². The standard InChI is InChI=1S/C17H25N3O/c1-12-9-13(10-18-14-4-5-14)3-8-16(12)20(2)11-17(21)19-15-6-7-15/h3,8-9,14-15,18H,4-7,10-11H2,1-2H3,(H,19,21). The van der Waals surface area contributed by atoms with Crippen LogP contribution in [0, 0.1) is 6.92 Å². The molecule has 4 heteroatoms. The van der Waals surface area contributed by atoms with Gasteiger partial charge in [0.2, 0.25) is 5.91 Å². The number of carbonyl (C=O) groups excluding carboxylic acids is 1. The summed E-state index contributed by atoms with van der Waals surface area (Å²) in [7, 11) is 1.98. The Morgan fingerprint density at radius 1 is 1.24 bits per heavy atom. The molecule has 3 rings (SSSR count). The summed E-state index contributed by atoms with van der Waals surface area (Å²) in [6.07, 6.45) is 4.90. The Kier molecular flexibility index (Phi) is 4.15. The normalized spacial score (nSPS) is 17.6. The lowest BCUT2D eigenvalue weighted by Gasteiger charge is -2.21. The van der Waals surface area contributed by atoms with Gasteiger partial charge in [0.15, 0.2) is 0 Å². The van der Waals surface area contributed by atoms with Gasteiger partial charge in [-0.15, -0.1) is 0 Å². The lowest BCUT2D eigenvalue weighted by Crippen LogP contribution is -2.36. The topological polar surface area (TPSA) is 44.4 Å². The number of carbonyl (C=O) groups is 1. The zero-order chi connectivity index (χ0) is 14.8. The van der Waals surface area contributed by atoms with E-state index < -0.39 is 0 Å². The first kappa shape index (κ1) is 14.4. The van der Waals surface area contributed by atoms with Crippen LogP contribution in [0.1, 0.15) is 36.8 Å². The molecule has 1 amide bonds. The Hall–Kier alpha value is -1.55. The number of nitrogens with one attached hydrogen (secondary N) is 2. The maximum atomic E-state index is 11.9. The quantitative estimate of drug-likeness (QED) is 0.806. The molecule has 0 spiro atoms. The lowest BCUT2D eigenvalue weighted by atomic mass is 10.1. The van der Waals surface area contributed by atoms with Gasteiger partial charge in [-0.3, -0.25) is 4.79 Å². The summed E-state index contributed by atoms with van der Waals surface area (Å²) >= 11 is 0. The number of anilines is 1. The number of benzene rings is 1. The first-order valence-electron chi connectivity index (χ1n) is 7.95. The molecule has 0 bridgehead atoms. The third kappa shape index (κ3) is 4.21. The van der Waals surface area contributed by atoms with Crippen molar-refractivity contribution in [2.45, 2.75) is 51.2 Å². The summed E-state index contributed by atoms with van der Waals surface area (Å²) < 4.78 is 0. The second kappa shape index (κ2) is 6.06. The van der Waals surface area contributed by atoms with E-state index in [-0.39, 0.29) is 5.91 Å². The molecule has 2 N–H and O–H groups in total. The molecular weight excluding hydrogens is 262 g/mol. The summed E-state index contributed by atoms with van der Waals surface area (Å²) in [5.41, 5.74) is 3.68. The summed E-state index contributed by atoms with van der Waals surface area (Å²) in [6, 6.07) is 7.68. The zero-order valence-corrected chi connectivity index (χ0v) is 13.0. The van der Waals surface area contributed by atoms with Crippen LogP contribution in [0.3, 0.4) is 0 Å². The molecule has 0 radical (unpaired) electrons. The smallest absolute Gasteiger partial charge is 0.239 e. The second-order valence-electron chi connectivity index (χ2n) is 6.47. The summed E-state index contributed by atoms with van der Waals surface area (Å²) in [5.74, 6) is 0.124. The van der Waals surface area contributed by atoms with E-state index in [0.29, 0.717) is 12.6 Å². The van der Waals surface area contributed by atoms with E-state index in [9.17, 15) is 4.79 Å². The highest BCUT2D eigenvalue weighted by atomic mass is 16.2. The maximum absolute atomic E-state index is 11.9. The number of aryl methyl sites for hydroxylation is 1. The Labute approximate surface area is 126 Å². The van der Waals surface area contributed by atoms with Gasteiger partial charge in [-0.05, 0) is 49.8 Å². The van der Waals surface area contributed by atoms with E-state index in [1.807, 2.05) is 11.9 Å². The van der Waals surface area contributed by atoms with Crippen LogP contribution in [0.4, 0.5) is 5.69 Å². The molecule has 2 aliphatic rings. The van der Waals surface area contributed by atoms with Crippen LogP contribution in [-0.4, -0.2) is 31.6 Å². The van der Waals surface area contributed by atoms with Gasteiger partial charge in [0.05, 0.1) is 6.54 Å². The number of rotatable bonds is 7. The van der Waals surface area contributed by atoms with E-state index in [4.69, 9.17) is 0 Å².